The van der Waals surface area contributed by atoms with Gasteiger partial charge in [-0.15, -0.1) is 0 Å². The number of nitrogens with two attached hydrogens (primary N) is 2. The van der Waals surface area contributed by atoms with E-state index in [0.29, 0.717) is 28.0 Å². The lowest BCUT2D eigenvalue weighted by molar-refractivity contribution is 0.100. The summed E-state index contributed by atoms with van der Waals surface area (Å²) in [4.78, 5) is 11.4. The van der Waals surface area contributed by atoms with Gasteiger partial charge in [-0.3, -0.25) is 4.79 Å². The Morgan fingerprint density at radius 3 is 2.32 bits per heavy atom. The fourth-order valence-corrected chi connectivity index (χ4v) is 2.98. The van der Waals surface area contributed by atoms with E-state index in [-0.39, 0.29) is 0 Å². The van der Waals surface area contributed by atoms with Gasteiger partial charge in [-0.25, -0.2) is 0 Å². The average Bonchev–Trinajstić information content (AvgIpc) is 2.66. The van der Waals surface area contributed by atoms with Crippen molar-refractivity contribution in [3.8, 4) is 0 Å². The highest BCUT2D eigenvalue weighted by Gasteiger charge is 2.64. The first kappa shape index (κ1) is 13.7. The molecule has 0 aromatic heterocycles. The zero-order valence-electron chi connectivity index (χ0n) is 12.1. The number of amides is 1. The second kappa shape index (κ2) is 4.15. The molecule has 1 amide bonds. The van der Waals surface area contributed by atoms with Crippen LogP contribution in [0.3, 0.4) is 0 Å². The van der Waals surface area contributed by atoms with E-state index in [1.54, 1.807) is 18.2 Å². The Morgan fingerprint density at radius 1 is 1.26 bits per heavy atom. The number of benzene rings is 1. The van der Waals surface area contributed by atoms with E-state index in [0.717, 1.165) is 12.2 Å². The number of carbonyl (C=O) groups excluding carboxylic acids is 1. The quantitative estimate of drug-likeness (QED) is 0.728. The number of primary amides is 1. The SMILES string of the molecule is CC1(C)C(CNc2cc(N)ccc2C(N)=O)C1(C)C. The van der Waals surface area contributed by atoms with Gasteiger partial charge >= 0.3 is 0 Å². The summed E-state index contributed by atoms with van der Waals surface area (Å²) in [5.41, 5.74) is 13.6. The van der Waals surface area contributed by atoms with Crippen molar-refractivity contribution >= 4 is 17.3 Å². The Morgan fingerprint density at radius 2 is 1.84 bits per heavy atom. The number of rotatable bonds is 4. The Balaban J connectivity index is 2.13. The standard InChI is InChI=1S/C15H23N3O/c1-14(2)12(15(14,3)4)8-18-11-7-9(16)5-6-10(11)13(17)19/h5-7,12,18H,8,16H2,1-4H3,(H2,17,19). The van der Waals surface area contributed by atoms with Crippen LogP contribution in [0.25, 0.3) is 0 Å². The molecule has 104 valence electrons. The van der Waals surface area contributed by atoms with Crippen molar-refractivity contribution < 1.29 is 4.79 Å². The first-order valence-electron chi connectivity index (χ1n) is 6.61. The topological polar surface area (TPSA) is 81.1 Å². The summed E-state index contributed by atoms with van der Waals surface area (Å²) in [7, 11) is 0. The van der Waals surface area contributed by atoms with Gasteiger partial charge in [0.1, 0.15) is 0 Å². The molecule has 5 N–H and O–H groups in total. The van der Waals surface area contributed by atoms with Crippen molar-refractivity contribution in [1.82, 2.24) is 0 Å². The molecule has 1 aromatic carbocycles. The van der Waals surface area contributed by atoms with Crippen LogP contribution in [0.1, 0.15) is 38.1 Å². The Labute approximate surface area is 114 Å². The van der Waals surface area contributed by atoms with Crippen LogP contribution in [0.4, 0.5) is 11.4 Å². The van der Waals surface area contributed by atoms with Crippen molar-refractivity contribution in [1.29, 1.82) is 0 Å². The van der Waals surface area contributed by atoms with Crippen LogP contribution < -0.4 is 16.8 Å². The van der Waals surface area contributed by atoms with Gasteiger partial charge in [0, 0.05) is 17.9 Å². The van der Waals surface area contributed by atoms with Crippen LogP contribution in [0.2, 0.25) is 0 Å². The molecule has 0 radical (unpaired) electrons. The van der Waals surface area contributed by atoms with Crippen molar-refractivity contribution in [3.05, 3.63) is 23.8 Å². The molecule has 1 aliphatic carbocycles. The molecule has 0 saturated heterocycles. The van der Waals surface area contributed by atoms with Crippen molar-refractivity contribution in [2.45, 2.75) is 27.7 Å². The molecule has 4 heteroatoms. The van der Waals surface area contributed by atoms with Gasteiger partial charge in [-0.05, 0) is 34.9 Å². The van der Waals surface area contributed by atoms with Crippen LogP contribution in [-0.4, -0.2) is 12.5 Å². The number of nitrogen functional groups attached to an aromatic ring is 1. The molecule has 19 heavy (non-hydrogen) atoms. The van der Waals surface area contributed by atoms with E-state index in [4.69, 9.17) is 11.5 Å². The Kier molecular flexibility index (Phi) is 3.00. The summed E-state index contributed by atoms with van der Waals surface area (Å²) in [6.45, 7) is 9.91. The molecule has 0 bridgehead atoms. The molecule has 0 atom stereocenters. The molecule has 4 nitrogen and oxygen atoms in total. The van der Waals surface area contributed by atoms with Crippen LogP contribution in [0.5, 0.6) is 0 Å². The summed E-state index contributed by atoms with van der Waals surface area (Å²) in [5.74, 6) is 0.138. The van der Waals surface area contributed by atoms with Crippen LogP contribution in [0.15, 0.2) is 18.2 Å². The van der Waals surface area contributed by atoms with Crippen molar-refractivity contribution in [2.75, 3.05) is 17.6 Å². The minimum Gasteiger partial charge on any atom is -0.399 e. The highest BCUT2D eigenvalue weighted by Crippen LogP contribution is 2.68. The summed E-state index contributed by atoms with van der Waals surface area (Å²) in [6, 6.07) is 5.13. The van der Waals surface area contributed by atoms with Gasteiger partial charge < -0.3 is 16.8 Å². The van der Waals surface area contributed by atoms with Gasteiger partial charge in [0.15, 0.2) is 0 Å². The predicted molar refractivity (Wildman–Crippen MR) is 78.9 cm³/mol. The number of hydrogen-bond donors (Lipinski definition) is 3. The van der Waals surface area contributed by atoms with E-state index in [1.807, 2.05) is 0 Å². The van der Waals surface area contributed by atoms with E-state index in [1.165, 1.54) is 0 Å². The Bertz CT molecular complexity index is 506. The number of nitrogens with one attached hydrogen (secondary N) is 1. The van der Waals surface area contributed by atoms with E-state index < -0.39 is 5.91 Å². The lowest BCUT2D eigenvalue weighted by atomic mass is 10.0. The second-order valence-corrected chi connectivity index (χ2v) is 6.55. The second-order valence-electron chi connectivity index (χ2n) is 6.55. The third kappa shape index (κ3) is 2.15. The number of hydrogen-bond acceptors (Lipinski definition) is 3. The zero-order valence-corrected chi connectivity index (χ0v) is 12.1. The highest BCUT2D eigenvalue weighted by atomic mass is 16.1. The zero-order chi connectivity index (χ0) is 14.4. The van der Waals surface area contributed by atoms with Crippen LogP contribution in [-0.2, 0) is 0 Å². The molecule has 1 aromatic rings. The Hall–Kier alpha value is -1.71. The van der Waals surface area contributed by atoms with Crippen LogP contribution >= 0.6 is 0 Å². The summed E-state index contributed by atoms with van der Waals surface area (Å²) >= 11 is 0. The summed E-state index contributed by atoms with van der Waals surface area (Å²) < 4.78 is 0. The largest absolute Gasteiger partial charge is 0.399 e. The molecule has 0 unspecified atom stereocenters. The third-order valence-corrected chi connectivity index (χ3v) is 5.13. The van der Waals surface area contributed by atoms with Gasteiger partial charge in [-0.2, -0.15) is 0 Å². The summed E-state index contributed by atoms with van der Waals surface area (Å²) in [6.07, 6.45) is 0. The smallest absolute Gasteiger partial charge is 0.250 e. The molecular weight excluding hydrogens is 238 g/mol. The minimum absolute atomic E-state index is 0.313. The maximum Gasteiger partial charge on any atom is 0.250 e. The minimum atomic E-state index is -0.434. The maximum atomic E-state index is 11.4. The first-order valence-corrected chi connectivity index (χ1v) is 6.61. The third-order valence-electron chi connectivity index (χ3n) is 5.13. The number of anilines is 2. The molecule has 0 aliphatic heterocycles. The average molecular weight is 261 g/mol. The normalized spacial score (nSPS) is 20.0. The molecule has 1 saturated carbocycles. The molecule has 0 spiro atoms. The van der Waals surface area contributed by atoms with Gasteiger partial charge in [0.05, 0.1) is 5.56 Å². The fourth-order valence-electron chi connectivity index (χ4n) is 2.98. The van der Waals surface area contributed by atoms with Crippen LogP contribution in [0, 0.1) is 16.7 Å². The van der Waals surface area contributed by atoms with Crippen molar-refractivity contribution in [2.24, 2.45) is 22.5 Å². The first-order chi connectivity index (χ1) is 8.68. The van der Waals surface area contributed by atoms with E-state index in [2.05, 4.69) is 33.0 Å². The summed E-state index contributed by atoms with van der Waals surface area (Å²) in [5, 5.41) is 3.33. The van der Waals surface area contributed by atoms with Gasteiger partial charge in [-0.1, -0.05) is 27.7 Å². The lowest BCUT2D eigenvalue weighted by Gasteiger charge is -2.12. The lowest BCUT2D eigenvalue weighted by Crippen LogP contribution is -2.16. The highest BCUT2D eigenvalue weighted by molar-refractivity contribution is 5.99. The predicted octanol–water partition coefficient (Wildman–Crippen LogP) is 2.46. The molecule has 1 aliphatic rings. The maximum absolute atomic E-state index is 11.4. The van der Waals surface area contributed by atoms with Gasteiger partial charge in [0.25, 0.3) is 5.91 Å². The van der Waals surface area contributed by atoms with E-state index >= 15 is 0 Å². The number of carbonyl (C=O) groups is 1. The van der Waals surface area contributed by atoms with Gasteiger partial charge in [0.2, 0.25) is 0 Å². The molecule has 0 heterocycles. The fraction of sp³-hybridized carbons (Fsp3) is 0.533. The molecular formula is C15H23N3O. The molecule has 2 rings (SSSR count). The van der Waals surface area contributed by atoms with Crippen molar-refractivity contribution in [3.63, 3.8) is 0 Å². The van der Waals surface area contributed by atoms with E-state index in [9.17, 15) is 4.79 Å². The molecule has 1 fully saturated rings. The monoisotopic (exact) mass is 261 g/mol.